The van der Waals surface area contributed by atoms with Crippen LogP contribution in [0.1, 0.15) is 35.6 Å². The Bertz CT molecular complexity index is 1160. The van der Waals surface area contributed by atoms with Crippen LogP contribution in [0.25, 0.3) is 0 Å². The first kappa shape index (κ1) is 19.2. The van der Waals surface area contributed by atoms with Crippen molar-refractivity contribution >= 4 is 40.5 Å². The summed E-state index contributed by atoms with van der Waals surface area (Å²) in [5, 5.41) is 14.5. The molecule has 9 nitrogen and oxygen atoms in total. The van der Waals surface area contributed by atoms with Crippen LogP contribution in [-0.2, 0) is 0 Å². The summed E-state index contributed by atoms with van der Waals surface area (Å²) in [5.74, 6) is -1.03. The minimum Gasteiger partial charge on any atom is -0.454 e. The van der Waals surface area contributed by atoms with Crippen LogP contribution in [0.2, 0.25) is 10.0 Å². The van der Waals surface area contributed by atoms with Gasteiger partial charge in [-0.25, -0.2) is 4.79 Å². The van der Waals surface area contributed by atoms with Crippen LogP contribution in [0.3, 0.4) is 0 Å². The van der Waals surface area contributed by atoms with E-state index >= 15 is 0 Å². The van der Waals surface area contributed by atoms with Crippen LogP contribution in [-0.4, -0.2) is 16.0 Å². The second kappa shape index (κ2) is 7.69. The van der Waals surface area contributed by atoms with Crippen LogP contribution in [0, 0.1) is 0 Å². The van der Waals surface area contributed by atoms with Gasteiger partial charge in [0.2, 0.25) is 5.82 Å². The van der Waals surface area contributed by atoms with Crippen molar-refractivity contribution in [1.82, 2.24) is 10.1 Å². The van der Waals surface area contributed by atoms with Crippen molar-refractivity contribution in [3.05, 3.63) is 62.3 Å². The van der Waals surface area contributed by atoms with Crippen molar-refractivity contribution in [3.63, 3.8) is 0 Å². The van der Waals surface area contributed by atoms with Crippen molar-refractivity contribution in [2.45, 2.75) is 19.4 Å². The van der Waals surface area contributed by atoms with Gasteiger partial charge in [-0.05, 0) is 41.9 Å². The second-order valence-corrected chi connectivity index (χ2v) is 6.94. The molecule has 1 unspecified atom stereocenters. The summed E-state index contributed by atoms with van der Waals surface area (Å²) >= 11 is 12.6. The maximum atomic E-state index is 12.1. The molecule has 1 aromatic heterocycles. The van der Waals surface area contributed by atoms with E-state index in [4.69, 9.17) is 27.9 Å². The number of nitrogens with one attached hydrogen (secondary N) is 2. The Morgan fingerprint density at radius 2 is 2.03 bits per heavy atom. The van der Waals surface area contributed by atoms with Crippen molar-refractivity contribution < 1.29 is 14.1 Å². The molecule has 0 radical (unpaired) electrons. The molecule has 3 aromatic rings. The number of carbonyl (C=O) groups excluding carboxylic acids is 1. The molecule has 0 saturated carbocycles. The zero-order valence-electron chi connectivity index (χ0n) is 14.9. The minimum atomic E-state index is -0.838. The lowest BCUT2D eigenvalue weighted by Crippen LogP contribution is -2.14. The number of nitrogens with zero attached hydrogens (tertiary/aromatic N) is 3. The van der Waals surface area contributed by atoms with E-state index in [9.17, 15) is 9.59 Å². The number of carbonyl (C=O) groups is 1. The van der Waals surface area contributed by atoms with Gasteiger partial charge in [-0.3, -0.25) is 14.3 Å². The molecule has 148 valence electrons. The molecule has 1 aliphatic heterocycles. The van der Waals surface area contributed by atoms with Gasteiger partial charge in [0, 0.05) is 11.3 Å². The van der Waals surface area contributed by atoms with Crippen molar-refractivity contribution in [3.8, 4) is 11.5 Å². The summed E-state index contributed by atoms with van der Waals surface area (Å²) in [7, 11) is 0. The van der Waals surface area contributed by atoms with Gasteiger partial charge in [-0.1, -0.05) is 30.1 Å². The SMILES string of the molecule is CCC1N=Nc2ccc(Oc3c(Cl)cc(NC(=O)c4noc(=O)[nH]4)cc3Cl)cc21. The van der Waals surface area contributed by atoms with Crippen LogP contribution in [0.15, 0.2) is 49.9 Å². The topological polar surface area (TPSA) is 122 Å². The van der Waals surface area contributed by atoms with Gasteiger partial charge in [0.25, 0.3) is 5.91 Å². The first-order chi connectivity index (χ1) is 13.9. The third-order valence-electron chi connectivity index (χ3n) is 4.18. The van der Waals surface area contributed by atoms with E-state index in [1.807, 2.05) is 19.1 Å². The lowest BCUT2D eigenvalue weighted by atomic mass is 10.0. The van der Waals surface area contributed by atoms with Crippen LogP contribution < -0.4 is 15.8 Å². The molecule has 0 aliphatic carbocycles. The molecular formula is C18H13Cl2N5O4. The molecule has 0 spiro atoms. The van der Waals surface area contributed by atoms with E-state index in [1.165, 1.54) is 12.1 Å². The fourth-order valence-electron chi connectivity index (χ4n) is 2.82. The van der Waals surface area contributed by atoms with Crippen molar-refractivity contribution in [2.75, 3.05) is 5.32 Å². The van der Waals surface area contributed by atoms with Gasteiger partial charge in [0.1, 0.15) is 5.75 Å². The Balaban J connectivity index is 1.55. The highest BCUT2D eigenvalue weighted by Gasteiger charge is 2.21. The number of H-pyrrole nitrogens is 1. The zero-order chi connectivity index (χ0) is 20.5. The molecule has 2 N–H and O–H groups in total. The van der Waals surface area contributed by atoms with E-state index in [0.717, 1.165) is 17.7 Å². The largest absolute Gasteiger partial charge is 0.454 e. The summed E-state index contributed by atoms with van der Waals surface area (Å²) in [6, 6.07) is 8.35. The number of anilines is 1. The highest BCUT2D eigenvalue weighted by Crippen LogP contribution is 2.43. The Kier molecular flexibility index (Phi) is 5.08. The number of azo groups is 1. The Labute approximate surface area is 173 Å². The van der Waals surface area contributed by atoms with Gasteiger partial charge in [0.05, 0.1) is 21.8 Å². The van der Waals surface area contributed by atoms with Gasteiger partial charge in [0.15, 0.2) is 5.75 Å². The summed E-state index contributed by atoms with van der Waals surface area (Å²) in [5.41, 5.74) is 2.08. The molecule has 1 atom stereocenters. The van der Waals surface area contributed by atoms with E-state index < -0.39 is 11.7 Å². The molecule has 0 bridgehead atoms. The predicted molar refractivity (Wildman–Crippen MR) is 106 cm³/mol. The fourth-order valence-corrected chi connectivity index (χ4v) is 3.38. The molecule has 29 heavy (non-hydrogen) atoms. The number of rotatable bonds is 5. The number of benzene rings is 2. The number of hydrogen-bond donors (Lipinski definition) is 2. The zero-order valence-corrected chi connectivity index (χ0v) is 16.4. The van der Waals surface area contributed by atoms with Gasteiger partial charge >= 0.3 is 5.76 Å². The molecule has 4 rings (SSSR count). The normalized spacial score (nSPS) is 14.7. The highest BCUT2D eigenvalue weighted by molar-refractivity contribution is 6.37. The standard InChI is InChI=1S/C18H13Cl2N5O4/c1-2-13-10-7-9(3-4-14(10)24-23-13)28-15-11(19)5-8(6-12(15)20)21-17(26)16-22-18(27)29-25-16/h3-7,13H,2H2,1H3,(H,21,26)(H,22,25,27). The first-order valence-electron chi connectivity index (χ1n) is 8.53. The number of ether oxygens (including phenoxy) is 1. The van der Waals surface area contributed by atoms with Gasteiger partial charge < -0.3 is 10.1 Å². The average molecular weight is 434 g/mol. The number of aromatic nitrogens is 2. The summed E-state index contributed by atoms with van der Waals surface area (Å²) in [6.45, 7) is 2.03. The number of halogens is 2. The smallest absolute Gasteiger partial charge is 0.439 e. The Morgan fingerprint density at radius 1 is 1.28 bits per heavy atom. The number of aromatic amines is 1. The molecule has 2 heterocycles. The van der Waals surface area contributed by atoms with Crippen LogP contribution in [0.4, 0.5) is 11.4 Å². The van der Waals surface area contributed by atoms with E-state index in [0.29, 0.717) is 11.4 Å². The molecule has 1 aliphatic rings. The Morgan fingerprint density at radius 3 is 2.69 bits per heavy atom. The maximum Gasteiger partial charge on any atom is 0.439 e. The molecule has 1 amide bonds. The van der Waals surface area contributed by atoms with E-state index in [1.54, 1.807) is 6.07 Å². The highest BCUT2D eigenvalue weighted by atomic mass is 35.5. The Hall–Kier alpha value is -3.17. The third kappa shape index (κ3) is 3.87. The lowest BCUT2D eigenvalue weighted by Gasteiger charge is -2.13. The quantitative estimate of drug-likeness (QED) is 0.567. The predicted octanol–water partition coefficient (Wildman–Crippen LogP) is 5.26. The second-order valence-electron chi connectivity index (χ2n) is 6.13. The number of hydrogen-bond acceptors (Lipinski definition) is 7. The van der Waals surface area contributed by atoms with Crippen molar-refractivity contribution in [2.24, 2.45) is 10.2 Å². The fraction of sp³-hybridized carbons (Fsp3) is 0.167. The lowest BCUT2D eigenvalue weighted by molar-refractivity contribution is 0.101. The minimum absolute atomic E-state index is 0.0000504. The van der Waals surface area contributed by atoms with E-state index in [2.05, 4.69) is 30.2 Å². The molecule has 0 fully saturated rings. The van der Waals surface area contributed by atoms with Crippen molar-refractivity contribution in [1.29, 1.82) is 0 Å². The average Bonchev–Trinajstić information content (AvgIpc) is 3.30. The molecule has 2 aromatic carbocycles. The van der Waals surface area contributed by atoms with Crippen LogP contribution >= 0.6 is 23.2 Å². The van der Waals surface area contributed by atoms with Crippen LogP contribution in [0.5, 0.6) is 11.5 Å². The van der Waals surface area contributed by atoms with E-state index in [-0.39, 0.29) is 27.7 Å². The number of amides is 1. The third-order valence-corrected chi connectivity index (χ3v) is 4.74. The molecule has 11 heteroatoms. The first-order valence-corrected chi connectivity index (χ1v) is 9.29. The van der Waals surface area contributed by atoms with Gasteiger partial charge in [-0.15, -0.1) is 0 Å². The summed E-state index contributed by atoms with van der Waals surface area (Å²) in [6.07, 6.45) is 0.826. The number of fused-ring (bicyclic) bond motifs is 1. The summed E-state index contributed by atoms with van der Waals surface area (Å²) in [4.78, 5) is 25.1. The van der Waals surface area contributed by atoms with Gasteiger partial charge in [-0.2, -0.15) is 10.2 Å². The molecular weight excluding hydrogens is 421 g/mol. The maximum absolute atomic E-state index is 12.1. The molecule has 0 saturated heterocycles. The summed E-state index contributed by atoms with van der Waals surface area (Å²) < 4.78 is 10.2. The monoisotopic (exact) mass is 433 g/mol.